The lowest BCUT2D eigenvalue weighted by Crippen LogP contribution is -2.53. The number of allylic oxidation sites excluding steroid dienone is 1. The van der Waals surface area contributed by atoms with E-state index in [1.807, 2.05) is 0 Å². The average Bonchev–Trinajstić information content (AvgIpc) is 2.92. The van der Waals surface area contributed by atoms with E-state index in [0.717, 1.165) is 30.1 Å². The minimum Gasteiger partial charge on any atom is -0.393 e. The first-order chi connectivity index (χ1) is 13.7. The minimum absolute atomic E-state index is 0.0806. The average molecular weight is 401 g/mol. The third-order valence-electron chi connectivity index (χ3n) is 10.7. The van der Waals surface area contributed by atoms with Crippen molar-refractivity contribution in [1.29, 1.82) is 0 Å². The molecule has 0 heterocycles. The second-order valence-corrected chi connectivity index (χ2v) is 12.7. The van der Waals surface area contributed by atoms with Gasteiger partial charge < -0.3 is 5.11 Å². The first kappa shape index (κ1) is 21.9. The van der Waals surface area contributed by atoms with Gasteiger partial charge in [-0.25, -0.2) is 0 Å². The molecule has 0 spiro atoms. The molecule has 1 N–H and O–H groups in total. The van der Waals surface area contributed by atoms with Gasteiger partial charge in [-0.3, -0.25) is 0 Å². The second-order valence-electron chi connectivity index (χ2n) is 12.7. The molecule has 0 bridgehead atoms. The Morgan fingerprint density at radius 1 is 1.00 bits per heavy atom. The van der Waals surface area contributed by atoms with E-state index in [4.69, 9.17) is 0 Å². The van der Waals surface area contributed by atoms with Crippen LogP contribution in [0.5, 0.6) is 0 Å². The maximum atomic E-state index is 11.3. The van der Waals surface area contributed by atoms with Crippen molar-refractivity contribution in [3.05, 3.63) is 12.2 Å². The fourth-order valence-corrected chi connectivity index (χ4v) is 9.42. The third kappa shape index (κ3) is 3.56. The van der Waals surface area contributed by atoms with Gasteiger partial charge in [-0.15, -0.1) is 0 Å². The molecule has 4 aliphatic carbocycles. The number of hydrogen-bond acceptors (Lipinski definition) is 1. The van der Waals surface area contributed by atoms with Crippen molar-refractivity contribution < 1.29 is 5.11 Å². The van der Waals surface area contributed by atoms with Crippen molar-refractivity contribution in [1.82, 2.24) is 0 Å². The Labute approximate surface area is 181 Å². The molecule has 0 aromatic heterocycles. The van der Waals surface area contributed by atoms with Crippen LogP contribution in [0.3, 0.4) is 0 Å². The number of rotatable bonds is 5. The van der Waals surface area contributed by atoms with Crippen molar-refractivity contribution in [3.8, 4) is 0 Å². The highest BCUT2D eigenvalue weighted by molar-refractivity contribution is 5.20. The van der Waals surface area contributed by atoms with E-state index in [-0.39, 0.29) is 6.10 Å². The lowest BCUT2D eigenvalue weighted by molar-refractivity contribution is -0.0958. The van der Waals surface area contributed by atoms with Crippen LogP contribution in [0.15, 0.2) is 12.2 Å². The zero-order chi connectivity index (χ0) is 21.0. The maximum absolute atomic E-state index is 11.3. The van der Waals surface area contributed by atoms with Gasteiger partial charge in [0.1, 0.15) is 0 Å². The van der Waals surface area contributed by atoms with Crippen molar-refractivity contribution >= 4 is 0 Å². The number of fused-ring (bicyclic) bond motifs is 5. The maximum Gasteiger partial charge on any atom is 0.0579 e. The van der Waals surface area contributed by atoms with Gasteiger partial charge in [0.05, 0.1) is 6.10 Å². The molecule has 9 atom stereocenters. The standard InChI is InChI=1S/C28H48O/c1-18(2)10-9-11-19(3)26-25(29)17-24-21-16-20(4)22-12-7-8-14-27(22,5)23(21)13-15-28(24,26)6/h18-19,21-26,29H,4,7-17H2,1-3,5-6H3/t19-,21-,22?,23+,24+,25?,26+,27+,28+/m1/s1. The van der Waals surface area contributed by atoms with Gasteiger partial charge in [-0.2, -0.15) is 0 Å². The molecule has 4 fully saturated rings. The van der Waals surface area contributed by atoms with Gasteiger partial charge in [0.2, 0.25) is 0 Å². The Hall–Kier alpha value is -0.300. The molecule has 0 aromatic carbocycles. The summed E-state index contributed by atoms with van der Waals surface area (Å²) < 4.78 is 0. The number of hydrogen-bond donors (Lipinski definition) is 1. The number of aliphatic hydroxyl groups excluding tert-OH is 1. The predicted octanol–water partition coefficient (Wildman–Crippen LogP) is 7.63. The molecule has 4 saturated carbocycles. The van der Waals surface area contributed by atoms with Crippen LogP contribution in [0.2, 0.25) is 0 Å². The van der Waals surface area contributed by atoms with Crippen LogP contribution in [-0.4, -0.2) is 11.2 Å². The molecule has 2 unspecified atom stereocenters. The molecule has 0 aliphatic heterocycles. The summed E-state index contributed by atoms with van der Waals surface area (Å²) >= 11 is 0. The van der Waals surface area contributed by atoms with Crippen LogP contribution < -0.4 is 0 Å². The van der Waals surface area contributed by atoms with Gasteiger partial charge in [0.15, 0.2) is 0 Å². The Morgan fingerprint density at radius 3 is 2.48 bits per heavy atom. The van der Waals surface area contributed by atoms with E-state index in [9.17, 15) is 5.11 Å². The molecule has 29 heavy (non-hydrogen) atoms. The van der Waals surface area contributed by atoms with Crippen LogP contribution in [0, 0.1) is 52.3 Å². The second kappa shape index (κ2) is 7.99. The van der Waals surface area contributed by atoms with Crippen molar-refractivity contribution in [2.45, 2.75) is 111 Å². The molecule has 1 nitrogen and oxygen atoms in total. The lowest BCUT2D eigenvalue weighted by Gasteiger charge is -2.61. The lowest BCUT2D eigenvalue weighted by atomic mass is 9.44. The van der Waals surface area contributed by atoms with Gasteiger partial charge in [0.25, 0.3) is 0 Å². The summed E-state index contributed by atoms with van der Waals surface area (Å²) in [6.45, 7) is 17.0. The minimum atomic E-state index is -0.0806. The Morgan fingerprint density at radius 2 is 1.76 bits per heavy atom. The highest BCUT2D eigenvalue weighted by Crippen LogP contribution is 2.69. The summed E-state index contributed by atoms with van der Waals surface area (Å²) in [6.07, 6.45) is 14.6. The first-order valence-corrected chi connectivity index (χ1v) is 13.0. The van der Waals surface area contributed by atoms with Crippen LogP contribution in [0.4, 0.5) is 0 Å². The van der Waals surface area contributed by atoms with Crippen LogP contribution >= 0.6 is 0 Å². The van der Waals surface area contributed by atoms with E-state index in [0.29, 0.717) is 28.6 Å². The molecular weight excluding hydrogens is 352 g/mol. The smallest absolute Gasteiger partial charge is 0.0579 e. The molecule has 0 amide bonds. The van der Waals surface area contributed by atoms with Gasteiger partial charge >= 0.3 is 0 Å². The largest absolute Gasteiger partial charge is 0.393 e. The molecule has 0 radical (unpaired) electrons. The monoisotopic (exact) mass is 400 g/mol. The summed E-state index contributed by atoms with van der Waals surface area (Å²) in [5, 5.41) is 11.3. The number of aliphatic hydroxyl groups is 1. The van der Waals surface area contributed by atoms with E-state index in [2.05, 4.69) is 41.2 Å². The van der Waals surface area contributed by atoms with Crippen LogP contribution in [-0.2, 0) is 0 Å². The molecule has 4 rings (SSSR count). The van der Waals surface area contributed by atoms with Crippen molar-refractivity contribution in [2.75, 3.05) is 0 Å². The summed E-state index contributed by atoms with van der Waals surface area (Å²) in [4.78, 5) is 0. The van der Waals surface area contributed by atoms with Crippen LogP contribution in [0.25, 0.3) is 0 Å². The molecule has 1 heteroatoms. The van der Waals surface area contributed by atoms with Gasteiger partial charge in [0, 0.05) is 0 Å². The third-order valence-corrected chi connectivity index (χ3v) is 10.7. The predicted molar refractivity (Wildman–Crippen MR) is 124 cm³/mol. The summed E-state index contributed by atoms with van der Waals surface area (Å²) in [6, 6.07) is 0. The van der Waals surface area contributed by atoms with E-state index < -0.39 is 0 Å². The molecule has 0 aromatic rings. The zero-order valence-electron chi connectivity index (χ0n) is 20.1. The van der Waals surface area contributed by atoms with E-state index in [1.165, 1.54) is 64.2 Å². The quantitative estimate of drug-likeness (QED) is 0.470. The Bertz CT molecular complexity index is 607. The normalized spacial score (nSPS) is 48.2. The van der Waals surface area contributed by atoms with Crippen molar-refractivity contribution in [3.63, 3.8) is 0 Å². The van der Waals surface area contributed by atoms with Crippen LogP contribution in [0.1, 0.15) is 105 Å². The fraction of sp³-hybridized carbons (Fsp3) is 0.929. The fourth-order valence-electron chi connectivity index (χ4n) is 9.42. The van der Waals surface area contributed by atoms with Gasteiger partial charge in [-0.1, -0.05) is 78.9 Å². The van der Waals surface area contributed by atoms with E-state index in [1.54, 1.807) is 5.57 Å². The summed E-state index contributed by atoms with van der Waals surface area (Å²) in [5.41, 5.74) is 2.40. The van der Waals surface area contributed by atoms with E-state index >= 15 is 0 Å². The molecule has 4 aliphatic rings. The Kier molecular flexibility index (Phi) is 6.04. The van der Waals surface area contributed by atoms with Crippen molar-refractivity contribution in [2.24, 2.45) is 52.3 Å². The topological polar surface area (TPSA) is 20.2 Å². The highest BCUT2D eigenvalue weighted by atomic mass is 16.3. The molecular formula is C28H48O. The molecule has 166 valence electrons. The summed E-state index contributed by atoms with van der Waals surface area (Å²) in [5.74, 6) is 5.10. The molecule has 0 saturated heterocycles. The summed E-state index contributed by atoms with van der Waals surface area (Å²) in [7, 11) is 0. The zero-order valence-corrected chi connectivity index (χ0v) is 20.1. The highest BCUT2D eigenvalue weighted by Gasteiger charge is 2.62. The first-order valence-electron chi connectivity index (χ1n) is 13.0. The Balaban J connectivity index is 1.55. The van der Waals surface area contributed by atoms with Gasteiger partial charge in [-0.05, 0) is 90.8 Å². The SMILES string of the molecule is C=C1C[C@H]2[C@@H]3CC(O)[C@H]([C@H](C)CCCC(C)C)[C@@]3(C)CC[C@@H]2[C@@]2(C)CCCCC12.